The number of carbonyl (C=O) groups is 1. The van der Waals surface area contributed by atoms with Crippen molar-refractivity contribution in [1.29, 1.82) is 0 Å². The second-order valence-electron chi connectivity index (χ2n) is 4.37. The van der Waals surface area contributed by atoms with E-state index in [4.69, 9.17) is 0 Å². The molecule has 0 unspecified atom stereocenters. The highest BCUT2D eigenvalue weighted by Crippen LogP contribution is 2.24. The van der Waals surface area contributed by atoms with Gasteiger partial charge in [-0.15, -0.1) is 0 Å². The van der Waals surface area contributed by atoms with Crippen LogP contribution in [-0.4, -0.2) is 26.2 Å². The third kappa shape index (κ3) is 2.59. The molecule has 0 aliphatic heterocycles. The van der Waals surface area contributed by atoms with E-state index >= 15 is 0 Å². The van der Waals surface area contributed by atoms with Crippen LogP contribution in [0.15, 0.2) is 55.0 Å². The maximum absolute atomic E-state index is 12.3. The van der Waals surface area contributed by atoms with Gasteiger partial charge in [-0.05, 0) is 24.3 Å². The fourth-order valence-electron chi connectivity index (χ4n) is 1.96. The number of rotatable bonds is 3. The average Bonchev–Trinajstić information content (AvgIpc) is 3.00. The zero-order chi connectivity index (χ0) is 14.7. The Kier molecular flexibility index (Phi) is 3.34. The van der Waals surface area contributed by atoms with Crippen molar-refractivity contribution in [3.05, 3.63) is 60.6 Å². The molecule has 3 N–H and O–H groups in total. The predicted octanol–water partition coefficient (Wildman–Crippen LogP) is 2.43. The van der Waals surface area contributed by atoms with Crippen molar-refractivity contribution in [2.45, 2.75) is 0 Å². The maximum atomic E-state index is 12.3. The number of nitrogens with zero attached hydrogens (tertiary/aromatic N) is 2. The minimum Gasteiger partial charge on any atom is -0.506 e. The summed E-state index contributed by atoms with van der Waals surface area (Å²) in [5.74, 6) is -0.346. The molecule has 6 nitrogen and oxygen atoms in total. The highest BCUT2D eigenvalue weighted by Gasteiger charge is 2.16. The smallest absolute Gasteiger partial charge is 0.259 e. The molecule has 1 aromatic carbocycles. The second kappa shape index (κ2) is 5.46. The van der Waals surface area contributed by atoms with Crippen molar-refractivity contribution in [3.63, 3.8) is 0 Å². The number of benzene rings is 1. The molecule has 0 bridgehead atoms. The van der Waals surface area contributed by atoms with Crippen LogP contribution >= 0.6 is 0 Å². The van der Waals surface area contributed by atoms with Crippen LogP contribution in [0.5, 0.6) is 5.75 Å². The first-order valence-electron chi connectivity index (χ1n) is 6.29. The van der Waals surface area contributed by atoms with Gasteiger partial charge in [0.05, 0.1) is 23.1 Å². The number of pyridine rings is 1. The Balaban J connectivity index is 1.90. The third-order valence-corrected chi connectivity index (χ3v) is 2.99. The lowest BCUT2D eigenvalue weighted by atomic mass is 10.1. The van der Waals surface area contributed by atoms with Gasteiger partial charge in [-0.25, -0.2) is 0 Å². The number of anilines is 1. The minimum atomic E-state index is -0.357. The summed E-state index contributed by atoms with van der Waals surface area (Å²) in [6, 6.07) is 10.2. The molecule has 0 fully saturated rings. The van der Waals surface area contributed by atoms with E-state index in [1.807, 2.05) is 6.07 Å². The number of aromatic nitrogens is 3. The number of phenolic OH excluding ortho intramolecular Hbond substituents is 1. The lowest BCUT2D eigenvalue weighted by Crippen LogP contribution is -2.12. The number of nitrogens with one attached hydrogen (secondary N) is 2. The SMILES string of the molecule is O=C(Nc1ccccc1O)c1cn[nH]c1-c1cccnc1. The first-order valence-corrected chi connectivity index (χ1v) is 6.29. The predicted molar refractivity (Wildman–Crippen MR) is 77.9 cm³/mol. The molecule has 0 aliphatic carbocycles. The summed E-state index contributed by atoms with van der Waals surface area (Å²) in [6.07, 6.45) is 4.74. The molecule has 21 heavy (non-hydrogen) atoms. The Morgan fingerprint density at radius 2 is 2.00 bits per heavy atom. The third-order valence-electron chi connectivity index (χ3n) is 2.99. The molecule has 0 saturated heterocycles. The van der Waals surface area contributed by atoms with Gasteiger partial charge in [-0.2, -0.15) is 5.10 Å². The Morgan fingerprint density at radius 1 is 1.14 bits per heavy atom. The van der Waals surface area contributed by atoms with E-state index in [1.165, 1.54) is 12.3 Å². The Bertz CT molecular complexity index is 768. The monoisotopic (exact) mass is 280 g/mol. The molecule has 104 valence electrons. The van der Waals surface area contributed by atoms with Crippen LogP contribution in [0.25, 0.3) is 11.3 Å². The Labute approximate surface area is 120 Å². The topological polar surface area (TPSA) is 90.9 Å². The fourth-order valence-corrected chi connectivity index (χ4v) is 1.96. The number of hydrogen-bond donors (Lipinski definition) is 3. The quantitative estimate of drug-likeness (QED) is 0.643. The van der Waals surface area contributed by atoms with Gasteiger partial charge in [0.2, 0.25) is 0 Å². The zero-order valence-electron chi connectivity index (χ0n) is 10.9. The highest BCUT2D eigenvalue weighted by molar-refractivity contribution is 6.08. The zero-order valence-corrected chi connectivity index (χ0v) is 10.9. The van der Waals surface area contributed by atoms with E-state index in [9.17, 15) is 9.90 Å². The van der Waals surface area contributed by atoms with E-state index in [0.717, 1.165) is 5.56 Å². The van der Waals surface area contributed by atoms with E-state index < -0.39 is 0 Å². The number of H-pyrrole nitrogens is 1. The second-order valence-corrected chi connectivity index (χ2v) is 4.37. The van der Waals surface area contributed by atoms with Crippen LogP contribution in [0, 0.1) is 0 Å². The van der Waals surface area contributed by atoms with Gasteiger partial charge < -0.3 is 10.4 Å². The number of phenols is 1. The summed E-state index contributed by atoms with van der Waals surface area (Å²) >= 11 is 0. The molecule has 3 aromatic rings. The molecule has 0 aliphatic rings. The number of aromatic hydroxyl groups is 1. The largest absolute Gasteiger partial charge is 0.506 e. The van der Waals surface area contributed by atoms with Crippen LogP contribution < -0.4 is 5.32 Å². The van der Waals surface area contributed by atoms with Gasteiger partial charge >= 0.3 is 0 Å². The van der Waals surface area contributed by atoms with E-state index in [1.54, 1.807) is 36.7 Å². The van der Waals surface area contributed by atoms with Gasteiger partial charge in [0, 0.05) is 18.0 Å². The summed E-state index contributed by atoms with van der Waals surface area (Å²) in [6.45, 7) is 0. The van der Waals surface area contributed by atoms with Crippen LogP contribution in [0.2, 0.25) is 0 Å². The van der Waals surface area contributed by atoms with Crippen molar-refractivity contribution in [2.24, 2.45) is 0 Å². The van der Waals surface area contributed by atoms with Gasteiger partial charge in [0.15, 0.2) is 0 Å². The van der Waals surface area contributed by atoms with Crippen LogP contribution in [0.4, 0.5) is 5.69 Å². The molecule has 0 saturated carbocycles. The molecule has 0 atom stereocenters. The van der Waals surface area contributed by atoms with Crippen molar-refractivity contribution >= 4 is 11.6 Å². The van der Waals surface area contributed by atoms with Gasteiger partial charge in [-0.3, -0.25) is 14.9 Å². The molecule has 1 amide bonds. The first kappa shape index (κ1) is 12.9. The summed E-state index contributed by atoms with van der Waals surface area (Å²) < 4.78 is 0. The fraction of sp³-hybridized carbons (Fsp3) is 0. The maximum Gasteiger partial charge on any atom is 0.259 e. The number of hydrogen-bond acceptors (Lipinski definition) is 4. The molecular formula is C15H12N4O2. The Hall–Kier alpha value is -3.15. The molecule has 3 rings (SSSR count). The lowest BCUT2D eigenvalue weighted by molar-refractivity contribution is 0.102. The van der Waals surface area contributed by atoms with Gasteiger partial charge in [-0.1, -0.05) is 12.1 Å². The van der Waals surface area contributed by atoms with Crippen LogP contribution in [-0.2, 0) is 0 Å². The number of aromatic amines is 1. The molecule has 2 heterocycles. The van der Waals surface area contributed by atoms with Crippen molar-refractivity contribution in [1.82, 2.24) is 15.2 Å². The number of carbonyl (C=O) groups excluding carboxylic acids is 1. The summed E-state index contributed by atoms with van der Waals surface area (Å²) in [4.78, 5) is 16.3. The normalized spacial score (nSPS) is 10.3. The van der Waals surface area contributed by atoms with Crippen molar-refractivity contribution in [2.75, 3.05) is 5.32 Å². The van der Waals surface area contributed by atoms with E-state index in [2.05, 4.69) is 20.5 Å². The van der Waals surface area contributed by atoms with Crippen molar-refractivity contribution in [3.8, 4) is 17.0 Å². The summed E-state index contributed by atoms with van der Waals surface area (Å²) in [5, 5.41) is 19.0. The summed E-state index contributed by atoms with van der Waals surface area (Å²) in [7, 11) is 0. The Morgan fingerprint density at radius 3 is 2.76 bits per heavy atom. The number of para-hydroxylation sites is 2. The minimum absolute atomic E-state index is 0.0114. The van der Waals surface area contributed by atoms with Crippen LogP contribution in [0.3, 0.4) is 0 Å². The number of amides is 1. The first-order chi connectivity index (χ1) is 10.3. The van der Waals surface area contributed by atoms with Gasteiger partial charge in [0.1, 0.15) is 5.75 Å². The van der Waals surface area contributed by atoms with Crippen LogP contribution in [0.1, 0.15) is 10.4 Å². The standard InChI is InChI=1S/C15H12N4O2/c20-13-6-2-1-5-12(13)18-15(21)11-9-17-19-14(11)10-4-3-7-16-8-10/h1-9,20H,(H,17,19)(H,18,21). The average molecular weight is 280 g/mol. The lowest BCUT2D eigenvalue weighted by Gasteiger charge is -2.07. The molecule has 2 aromatic heterocycles. The highest BCUT2D eigenvalue weighted by atomic mass is 16.3. The molecule has 0 radical (unpaired) electrons. The van der Waals surface area contributed by atoms with E-state index in [-0.39, 0.29) is 11.7 Å². The van der Waals surface area contributed by atoms with Crippen molar-refractivity contribution < 1.29 is 9.90 Å². The summed E-state index contributed by atoms with van der Waals surface area (Å²) in [5.41, 5.74) is 2.07. The van der Waals surface area contributed by atoms with E-state index in [0.29, 0.717) is 16.9 Å². The molecular weight excluding hydrogens is 268 g/mol. The molecule has 6 heteroatoms. The van der Waals surface area contributed by atoms with Gasteiger partial charge in [0.25, 0.3) is 5.91 Å². The molecule has 0 spiro atoms.